The summed E-state index contributed by atoms with van der Waals surface area (Å²) in [6, 6.07) is -7.71. The summed E-state index contributed by atoms with van der Waals surface area (Å²) in [6.45, 7) is -5.14. The Hall–Kier alpha value is -3.96. The molecule has 122 heavy (non-hydrogen) atoms. The molecule has 0 aliphatic carbocycles. The first-order chi connectivity index (χ1) is 57.7. The third kappa shape index (κ3) is 21.9. The van der Waals surface area contributed by atoms with Gasteiger partial charge in [-0.05, 0) is 6.92 Å². The van der Waals surface area contributed by atoms with Gasteiger partial charge < -0.3 is 249 Å². The van der Waals surface area contributed by atoms with Gasteiger partial charge in [0.2, 0.25) is 23.6 Å². The van der Waals surface area contributed by atoms with E-state index in [-0.39, 0.29) is 0 Å². The Kier molecular flexibility index (Phi) is 35.8. The van der Waals surface area contributed by atoms with Gasteiger partial charge in [0, 0.05) is 27.7 Å². The quantitative estimate of drug-likeness (QED) is 0.0306. The summed E-state index contributed by atoms with van der Waals surface area (Å²) in [4.78, 5) is 52.0. The molecular weight excluding hydrogens is 1670 g/mol. The maximum Gasteiger partial charge on any atom is 0.217 e. The second-order valence-electron chi connectivity index (χ2n) is 31.0. The van der Waals surface area contributed by atoms with Gasteiger partial charge in [0.25, 0.3) is 0 Å². The first-order valence-electron chi connectivity index (χ1n) is 39.0. The van der Waals surface area contributed by atoms with E-state index in [0.717, 1.165) is 27.7 Å². The molecule has 31 N–H and O–H groups in total. The number of carbonyl (C=O) groups excluding carboxylic acids is 4. The zero-order valence-corrected chi connectivity index (χ0v) is 65.7. The van der Waals surface area contributed by atoms with Crippen LogP contribution in [-0.2, 0) is 109 Å². The largest absolute Gasteiger partial charge is 0.394 e. The predicted molar refractivity (Wildman–Crippen MR) is 375 cm³/mol. The molecule has 0 aromatic heterocycles. The van der Waals surface area contributed by atoms with E-state index in [0.29, 0.717) is 0 Å². The lowest BCUT2D eigenvalue weighted by molar-refractivity contribution is -0.399. The van der Waals surface area contributed by atoms with Gasteiger partial charge in [-0.1, -0.05) is 0 Å². The second kappa shape index (κ2) is 43.6. The van der Waals surface area contributed by atoms with Crippen molar-refractivity contribution in [1.29, 1.82) is 0 Å². The van der Waals surface area contributed by atoms with Gasteiger partial charge >= 0.3 is 0 Å². The number of amides is 4. The molecule has 0 bridgehead atoms. The number of aliphatic hydroxyl groups excluding tert-OH is 27. The van der Waals surface area contributed by atoms with Gasteiger partial charge in [-0.15, -0.1) is 0 Å². The van der Waals surface area contributed by atoms with Crippen molar-refractivity contribution in [3.8, 4) is 0 Å². The highest BCUT2D eigenvalue weighted by Gasteiger charge is 2.62. The van der Waals surface area contributed by atoms with E-state index in [1.54, 1.807) is 0 Å². The number of hydrogen-bond acceptors (Lipinski definition) is 50. The molecule has 0 saturated carbocycles. The van der Waals surface area contributed by atoms with Crippen molar-refractivity contribution in [2.75, 3.05) is 59.5 Å². The molecule has 10 heterocycles. The normalized spacial score (nSPS) is 49.7. The van der Waals surface area contributed by atoms with Crippen LogP contribution in [0, 0.1) is 0 Å². The van der Waals surface area contributed by atoms with E-state index in [1.807, 2.05) is 0 Å². The Morgan fingerprint density at radius 2 is 0.500 bits per heavy atom. The molecular formula is C68H114N4O50. The zero-order valence-electron chi connectivity index (χ0n) is 65.7. The van der Waals surface area contributed by atoms with Crippen LogP contribution in [0.5, 0.6) is 0 Å². The Labute approximate surface area is 691 Å². The molecule has 10 saturated heterocycles. The van der Waals surface area contributed by atoms with Crippen LogP contribution in [0.15, 0.2) is 0 Å². The summed E-state index contributed by atoms with van der Waals surface area (Å²) in [5, 5.41) is 310. The lowest BCUT2D eigenvalue weighted by atomic mass is 9.93. The van der Waals surface area contributed by atoms with E-state index < -0.39 is 390 Å². The number of carbonyl (C=O) groups is 4. The number of aliphatic hydroxyl groups is 27. The molecule has 54 heteroatoms. The average Bonchev–Trinajstić information content (AvgIpc) is 0.764. The van der Waals surface area contributed by atoms with E-state index in [2.05, 4.69) is 21.3 Å². The Balaban J connectivity index is 0.993. The fraction of sp³-hybridized carbons (Fsp3) is 0.941. The van der Waals surface area contributed by atoms with Crippen LogP contribution >= 0.6 is 0 Å². The summed E-state index contributed by atoms with van der Waals surface area (Å²) >= 11 is 0. The topological polar surface area (TPSA) is 838 Å². The third-order valence-corrected chi connectivity index (χ3v) is 22.4. The second-order valence-corrected chi connectivity index (χ2v) is 31.0. The van der Waals surface area contributed by atoms with Crippen molar-refractivity contribution in [1.82, 2.24) is 21.3 Å². The fourth-order valence-corrected chi connectivity index (χ4v) is 15.9. The summed E-state index contributed by atoms with van der Waals surface area (Å²) in [7, 11) is 0. The van der Waals surface area contributed by atoms with Crippen LogP contribution < -0.4 is 21.3 Å². The Morgan fingerprint density at radius 1 is 0.230 bits per heavy atom. The standard InChI is InChI=1S/C68H114N4O50/c1-15-33(85)42(94)47(99)63(105-15)119-55-32(72-19(5)84)59(103)106-27(13-80)54(55)118-60-29(69-16(2)81)39(91)53(26(12-79)111-60)117-66-50(102)56(120-68-58(46(98)37(89)23(9-76)110-68)122-62-31(71-18(4)83)41(93)52(25(11-78)113-62)116-65-49(101)44(96)35(87)21(7-74)108-65)38(90)28(114-66)14-104-67-57(45(97)36(88)22(8-75)109-67)121-61-30(70-17(3)82)40(92)51(24(10-77)112-61)115-64-48(100)43(95)34(86)20(6-73)107-64/h15,20-68,73-80,85-103H,6-14H2,1-5H3,(H,69,81)(H,70,82)(H,71,83)(H,72,84)/t15-,20+,21+,22+,23+,24+,25+,26+,27+,28+,29+,30+,31+,32+,33+,34-,35-,36+,37+,38+,39+,40+,41+,42+,43-,44-,45-,46-,47-,48+,49+,50-,51+,52+,53+,54+,55+,56-,57-,58-,59-,60-,61-,62-,63-,64-,65-,66-,67-,68+/m0/s1. The van der Waals surface area contributed by atoms with Gasteiger partial charge in [0.1, 0.15) is 238 Å². The fourth-order valence-electron chi connectivity index (χ4n) is 15.9. The lowest BCUT2D eigenvalue weighted by Gasteiger charge is -2.51. The highest BCUT2D eigenvalue weighted by Crippen LogP contribution is 2.41. The highest BCUT2D eigenvalue weighted by atomic mass is 16.8. The van der Waals surface area contributed by atoms with Gasteiger partial charge in [0.05, 0.1) is 65.6 Å². The SMILES string of the molecule is CC(=O)N[C@@H]1[C@@H](O[C@@H]2O[C@@H](C)[C@@H](O)[C@@H](O)[C@@H]2O)[C@H](O[C@@H]2O[C@H](CO)[C@@H](O[C@@H]3O[C@H](CO[C@H]4O[C@H](CO)[C@@H](O)[C@H](O)[C@@H]4O[C@@H]4O[C@H](CO)[C@@H](O[C@@H]5O[C@H](CO)[C@H](O)[C@H](O)[C@H]5O)[C@H](O)[C@H]4NC(C)=O)[C@@H](O)[C@H](O[C@H]4O[C@H](CO)[C@@H](O)[C@H](O)[C@@H]4O[C@@H]4O[C@H](CO)[C@@H](O[C@@H]5O[C@H](CO)[C@H](O)[C@H](O)[C@H]5O)[C@H](O)[C@H]4NC(C)=O)[C@@H]3O)[C@H](O)[C@H]2NC(C)=O)[C@@H](CO)O[C@@H]1O. The maximum absolute atomic E-state index is 13.3. The van der Waals surface area contributed by atoms with Crippen LogP contribution in [0.3, 0.4) is 0 Å². The first kappa shape index (κ1) is 100. The van der Waals surface area contributed by atoms with E-state index in [1.165, 1.54) is 6.92 Å². The van der Waals surface area contributed by atoms with Crippen molar-refractivity contribution in [2.24, 2.45) is 0 Å². The Morgan fingerprint density at radius 3 is 0.877 bits per heavy atom. The van der Waals surface area contributed by atoms with Crippen LogP contribution in [0.4, 0.5) is 0 Å². The van der Waals surface area contributed by atoms with Crippen LogP contribution in [0.1, 0.15) is 34.6 Å². The number of nitrogens with one attached hydrogen (secondary N) is 4. The van der Waals surface area contributed by atoms with E-state index in [4.69, 9.17) is 90.0 Å². The predicted octanol–water partition coefficient (Wildman–Crippen LogP) is -21.2. The summed E-state index contributed by atoms with van der Waals surface area (Å²) < 4.78 is 113. The third-order valence-electron chi connectivity index (χ3n) is 22.4. The Bertz CT molecular complexity index is 3290. The minimum Gasteiger partial charge on any atom is -0.394 e. The van der Waals surface area contributed by atoms with Crippen LogP contribution in [-0.4, -0.2) is 528 Å². The smallest absolute Gasteiger partial charge is 0.217 e. The lowest BCUT2D eigenvalue weighted by Crippen LogP contribution is -2.71. The molecule has 0 unspecified atom stereocenters. The number of rotatable bonds is 31. The van der Waals surface area contributed by atoms with Crippen molar-refractivity contribution >= 4 is 23.6 Å². The molecule has 706 valence electrons. The molecule has 0 aromatic carbocycles. The van der Waals surface area contributed by atoms with Gasteiger partial charge in [-0.25, -0.2) is 0 Å². The molecule has 0 radical (unpaired) electrons. The molecule has 10 aliphatic rings. The average molecular weight is 1790 g/mol. The highest BCUT2D eigenvalue weighted by molar-refractivity contribution is 5.74. The molecule has 54 nitrogen and oxygen atoms in total. The van der Waals surface area contributed by atoms with Gasteiger partial charge in [-0.2, -0.15) is 0 Å². The zero-order chi connectivity index (χ0) is 89.8. The van der Waals surface area contributed by atoms with Crippen molar-refractivity contribution in [3.63, 3.8) is 0 Å². The van der Waals surface area contributed by atoms with Gasteiger partial charge in [0.15, 0.2) is 62.9 Å². The minimum atomic E-state index is -2.63. The molecule has 0 aromatic rings. The maximum atomic E-state index is 13.3. The van der Waals surface area contributed by atoms with E-state index >= 15 is 0 Å². The number of ether oxygens (including phenoxy) is 19. The summed E-state index contributed by atoms with van der Waals surface area (Å²) in [6.07, 6.45) is -95.8. The van der Waals surface area contributed by atoms with Crippen molar-refractivity contribution in [2.45, 2.75) is 341 Å². The van der Waals surface area contributed by atoms with Gasteiger partial charge in [-0.3, -0.25) is 19.2 Å². The summed E-state index contributed by atoms with van der Waals surface area (Å²) in [5.41, 5.74) is 0. The number of hydrogen-bond donors (Lipinski definition) is 31. The molecule has 0 spiro atoms. The minimum absolute atomic E-state index is 0.863. The van der Waals surface area contributed by atoms with E-state index in [9.17, 15) is 157 Å². The molecule has 10 aliphatic heterocycles. The van der Waals surface area contributed by atoms with Crippen molar-refractivity contribution in [3.05, 3.63) is 0 Å². The van der Waals surface area contributed by atoms with Crippen LogP contribution in [0.2, 0.25) is 0 Å². The summed E-state index contributed by atoms with van der Waals surface area (Å²) in [5.74, 6) is -3.78. The first-order valence-corrected chi connectivity index (χ1v) is 39.0. The van der Waals surface area contributed by atoms with Crippen molar-refractivity contribution < 1.29 is 247 Å². The van der Waals surface area contributed by atoms with Crippen LogP contribution in [0.25, 0.3) is 0 Å². The molecule has 10 rings (SSSR count). The molecule has 50 atom stereocenters. The monoisotopic (exact) mass is 1790 g/mol. The molecule has 4 amide bonds. The molecule has 10 fully saturated rings.